The lowest BCUT2D eigenvalue weighted by molar-refractivity contribution is 0.296. The van der Waals surface area contributed by atoms with Gasteiger partial charge in [0, 0.05) is 11.8 Å². The van der Waals surface area contributed by atoms with E-state index < -0.39 is 0 Å². The highest BCUT2D eigenvalue weighted by molar-refractivity contribution is 5.05. The van der Waals surface area contributed by atoms with E-state index in [0.717, 1.165) is 30.7 Å². The lowest BCUT2D eigenvalue weighted by atomic mass is 9.88. The summed E-state index contributed by atoms with van der Waals surface area (Å²) in [7, 11) is 0. The Bertz CT molecular complexity index is 350. The molecule has 4 heteroatoms. The van der Waals surface area contributed by atoms with Gasteiger partial charge in [-0.1, -0.05) is 19.8 Å². The summed E-state index contributed by atoms with van der Waals surface area (Å²) in [5.41, 5.74) is 0. The van der Waals surface area contributed by atoms with Crippen molar-refractivity contribution in [3.63, 3.8) is 0 Å². The summed E-state index contributed by atoms with van der Waals surface area (Å²) in [5, 5.41) is 10.9. The molecule has 0 amide bonds. The highest BCUT2D eigenvalue weighted by Gasteiger charge is 2.28. The maximum Gasteiger partial charge on any atom is 0.153 e. The molecule has 0 spiro atoms. The van der Waals surface area contributed by atoms with Crippen LogP contribution in [0.5, 0.6) is 0 Å². The van der Waals surface area contributed by atoms with Gasteiger partial charge >= 0.3 is 0 Å². The second kappa shape index (κ2) is 4.17. The van der Waals surface area contributed by atoms with Crippen molar-refractivity contribution in [1.29, 1.82) is 0 Å². The van der Waals surface area contributed by atoms with Gasteiger partial charge < -0.3 is 5.32 Å². The van der Waals surface area contributed by atoms with Crippen molar-refractivity contribution in [2.75, 3.05) is 13.1 Å². The van der Waals surface area contributed by atoms with Gasteiger partial charge in [0.15, 0.2) is 5.82 Å². The topological polar surface area (TPSA) is 53.6 Å². The summed E-state index contributed by atoms with van der Waals surface area (Å²) in [4.78, 5) is 4.70. The van der Waals surface area contributed by atoms with Crippen LogP contribution in [-0.4, -0.2) is 28.3 Å². The molecule has 1 aliphatic heterocycles. The van der Waals surface area contributed by atoms with Crippen LogP contribution < -0.4 is 5.32 Å². The lowest BCUT2D eigenvalue weighted by Crippen LogP contribution is -2.44. The van der Waals surface area contributed by atoms with Crippen molar-refractivity contribution in [2.45, 2.75) is 44.4 Å². The maximum absolute atomic E-state index is 4.70. The number of aromatic nitrogens is 3. The number of aromatic amines is 1. The zero-order valence-electron chi connectivity index (χ0n) is 9.87. The summed E-state index contributed by atoms with van der Waals surface area (Å²) in [6.07, 6.45) is 5.27. The van der Waals surface area contributed by atoms with Crippen LogP contribution in [0, 0.1) is 5.92 Å². The van der Waals surface area contributed by atoms with Gasteiger partial charge in [-0.2, -0.15) is 5.10 Å². The highest BCUT2D eigenvalue weighted by atomic mass is 15.2. The first kappa shape index (κ1) is 10.3. The minimum atomic E-state index is 0.493. The largest absolute Gasteiger partial charge is 0.316 e. The molecule has 16 heavy (non-hydrogen) atoms. The van der Waals surface area contributed by atoms with Crippen LogP contribution in [0.2, 0.25) is 0 Å². The minimum absolute atomic E-state index is 0.493. The number of H-pyrrole nitrogens is 1. The fourth-order valence-corrected chi connectivity index (χ4v) is 2.75. The molecule has 2 aliphatic rings. The van der Waals surface area contributed by atoms with Gasteiger partial charge in [-0.05, 0) is 31.8 Å². The van der Waals surface area contributed by atoms with Crippen molar-refractivity contribution < 1.29 is 0 Å². The molecule has 1 aromatic heterocycles. The van der Waals surface area contributed by atoms with Gasteiger partial charge in [-0.3, -0.25) is 5.10 Å². The van der Waals surface area contributed by atoms with Crippen LogP contribution in [0.15, 0.2) is 0 Å². The SMILES string of the molecule is CC(c1n[nH]c(C2CCCC2)n1)C1CNC1. The summed E-state index contributed by atoms with van der Waals surface area (Å²) in [5.74, 6) is 4.02. The van der Waals surface area contributed by atoms with Crippen molar-refractivity contribution >= 4 is 0 Å². The number of nitrogens with one attached hydrogen (secondary N) is 2. The normalized spacial score (nSPS) is 24.6. The van der Waals surface area contributed by atoms with Gasteiger partial charge in [0.05, 0.1) is 0 Å². The first-order valence-corrected chi connectivity index (χ1v) is 6.47. The van der Waals surface area contributed by atoms with E-state index in [2.05, 4.69) is 22.4 Å². The Kier molecular flexibility index (Phi) is 2.67. The lowest BCUT2D eigenvalue weighted by Gasteiger charge is -2.30. The van der Waals surface area contributed by atoms with Crippen LogP contribution in [0.3, 0.4) is 0 Å². The maximum atomic E-state index is 4.70. The molecule has 2 N–H and O–H groups in total. The molecule has 0 bridgehead atoms. The molecule has 1 unspecified atom stereocenters. The van der Waals surface area contributed by atoms with E-state index >= 15 is 0 Å². The zero-order chi connectivity index (χ0) is 11.0. The first-order valence-electron chi connectivity index (χ1n) is 6.47. The minimum Gasteiger partial charge on any atom is -0.316 e. The number of hydrogen-bond donors (Lipinski definition) is 2. The molecule has 0 radical (unpaired) electrons. The standard InChI is InChI=1S/C12H20N4/c1-8(10-6-13-7-10)11-14-12(16-15-11)9-4-2-3-5-9/h8-10,13H,2-7H2,1H3,(H,14,15,16). The van der Waals surface area contributed by atoms with E-state index in [4.69, 9.17) is 4.98 Å². The van der Waals surface area contributed by atoms with E-state index in [1.807, 2.05) is 0 Å². The van der Waals surface area contributed by atoms with E-state index in [-0.39, 0.29) is 0 Å². The number of nitrogens with zero attached hydrogens (tertiary/aromatic N) is 2. The third kappa shape index (κ3) is 1.75. The zero-order valence-corrected chi connectivity index (χ0v) is 9.87. The molecular formula is C12H20N4. The molecule has 2 fully saturated rings. The van der Waals surface area contributed by atoms with Crippen LogP contribution in [0.4, 0.5) is 0 Å². The Morgan fingerprint density at radius 3 is 2.62 bits per heavy atom. The van der Waals surface area contributed by atoms with Gasteiger partial charge in [-0.15, -0.1) is 0 Å². The van der Waals surface area contributed by atoms with Crippen LogP contribution in [0.25, 0.3) is 0 Å². The fourth-order valence-electron chi connectivity index (χ4n) is 2.75. The monoisotopic (exact) mass is 220 g/mol. The van der Waals surface area contributed by atoms with Crippen molar-refractivity contribution in [1.82, 2.24) is 20.5 Å². The summed E-state index contributed by atoms with van der Waals surface area (Å²) < 4.78 is 0. The molecule has 3 rings (SSSR count). The molecule has 88 valence electrons. The molecule has 1 aliphatic carbocycles. The first-order chi connectivity index (χ1) is 7.84. The predicted octanol–water partition coefficient (Wildman–Crippen LogP) is 1.79. The average molecular weight is 220 g/mol. The fraction of sp³-hybridized carbons (Fsp3) is 0.833. The molecule has 4 nitrogen and oxygen atoms in total. The van der Waals surface area contributed by atoms with Crippen LogP contribution in [-0.2, 0) is 0 Å². The van der Waals surface area contributed by atoms with E-state index in [1.165, 1.54) is 25.7 Å². The van der Waals surface area contributed by atoms with Gasteiger partial charge in [0.25, 0.3) is 0 Å². The predicted molar refractivity (Wildman–Crippen MR) is 62.4 cm³/mol. The molecular weight excluding hydrogens is 200 g/mol. The summed E-state index contributed by atoms with van der Waals surface area (Å²) in [6.45, 7) is 4.48. The van der Waals surface area contributed by atoms with Gasteiger partial charge in [0.1, 0.15) is 5.82 Å². The summed E-state index contributed by atoms with van der Waals surface area (Å²) >= 11 is 0. The van der Waals surface area contributed by atoms with E-state index in [0.29, 0.717) is 11.8 Å². The number of hydrogen-bond acceptors (Lipinski definition) is 3. The quantitative estimate of drug-likeness (QED) is 0.816. The molecule has 1 saturated carbocycles. The Morgan fingerprint density at radius 2 is 2.00 bits per heavy atom. The second-order valence-electron chi connectivity index (χ2n) is 5.27. The van der Waals surface area contributed by atoms with Gasteiger partial charge in [-0.25, -0.2) is 4.98 Å². The van der Waals surface area contributed by atoms with Crippen molar-refractivity contribution in [3.8, 4) is 0 Å². The van der Waals surface area contributed by atoms with Crippen molar-refractivity contribution in [3.05, 3.63) is 11.6 Å². The highest BCUT2D eigenvalue weighted by Crippen LogP contribution is 2.33. The Hall–Kier alpha value is -0.900. The molecule has 1 aromatic rings. The molecule has 2 heterocycles. The van der Waals surface area contributed by atoms with Crippen LogP contribution in [0.1, 0.15) is 56.1 Å². The summed E-state index contributed by atoms with van der Waals surface area (Å²) in [6, 6.07) is 0. The Labute approximate surface area is 96.2 Å². The van der Waals surface area contributed by atoms with Gasteiger partial charge in [0.2, 0.25) is 0 Å². The molecule has 1 saturated heterocycles. The number of rotatable bonds is 3. The van der Waals surface area contributed by atoms with Crippen molar-refractivity contribution in [2.24, 2.45) is 5.92 Å². The Morgan fingerprint density at radius 1 is 1.25 bits per heavy atom. The second-order valence-corrected chi connectivity index (χ2v) is 5.27. The van der Waals surface area contributed by atoms with Crippen LogP contribution >= 0.6 is 0 Å². The third-order valence-electron chi connectivity index (χ3n) is 4.19. The Balaban J connectivity index is 1.71. The molecule has 1 atom stereocenters. The van der Waals surface area contributed by atoms with E-state index in [9.17, 15) is 0 Å². The van der Waals surface area contributed by atoms with E-state index in [1.54, 1.807) is 0 Å². The molecule has 0 aromatic carbocycles. The average Bonchev–Trinajstić information content (AvgIpc) is 2.86. The third-order valence-corrected chi connectivity index (χ3v) is 4.19. The smallest absolute Gasteiger partial charge is 0.153 e.